The Morgan fingerprint density at radius 1 is 1.53 bits per heavy atom. The molecule has 0 saturated carbocycles. The number of nitrogens with zero attached hydrogens (tertiary/aromatic N) is 4. The molecule has 17 heavy (non-hydrogen) atoms. The second kappa shape index (κ2) is 4.08. The molecule has 0 radical (unpaired) electrons. The van der Waals surface area contributed by atoms with Crippen LogP contribution in [0.15, 0.2) is 24.5 Å². The third-order valence-electron chi connectivity index (χ3n) is 1.98. The molecule has 1 aromatic carbocycles. The van der Waals surface area contributed by atoms with Crippen LogP contribution < -0.4 is 10.5 Å². The first-order chi connectivity index (χ1) is 8.06. The van der Waals surface area contributed by atoms with Gasteiger partial charge in [0.25, 0.3) is 5.69 Å². The van der Waals surface area contributed by atoms with Gasteiger partial charge in [0.05, 0.1) is 4.92 Å². The molecule has 2 aromatic rings. The number of hydrogen-bond donors (Lipinski definition) is 1. The van der Waals surface area contributed by atoms with Crippen molar-refractivity contribution in [3.05, 3.63) is 34.6 Å². The monoisotopic (exact) mass is 235 g/mol. The number of benzene rings is 1. The number of hydrogen-bond acceptors (Lipinski definition) is 6. The molecule has 0 fully saturated rings. The average Bonchev–Trinajstić information content (AvgIpc) is 2.63. The fourth-order valence-electron chi connectivity index (χ4n) is 1.23. The Morgan fingerprint density at radius 2 is 2.29 bits per heavy atom. The number of nitrogen functional groups attached to an aromatic ring is 1. The van der Waals surface area contributed by atoms with Gasteiger partial charge in [-0.25, -0.2) is 0 Å². The van der Waals surface area contributed by atoms with E-state index in [9.17, 15) is 10.1 Å². The summed E-state index contributed by atoms with van der Waals surface area (Å²) in [5.74, 6) is 0.347. The molecule has 1 aromatic heterocycles. The summed E-state index contributed by atoms with van der Waals surface area (Å²) in [5.41, 5.74) is 5.38. The number of nitro benzene ring substituents is 1. The molecule has 0 aliphatic rings. The molecule has 0 aliphatic carbocycles. The minimum Gasteiger partial charge on any atom is -0.423 e. The Kier molecular flexibility index (Phi) is 2.61. The topological polar surface area (TPSA) is 109 Å². The van der Waals surface area contributed by atoms with Crippen molar-refractivity contribution in [3.63, 3.8) is 0 Å². The SMILES string of the molecule is Cn1cnc(Oc2ccc([N+](=O)[O-])c(N)c2)n1. The molecule has 0 aliphatic heterocycles. The number of ether oxygens (including phenoxy) is 1. The Hall–Kier alpha value is -2.64. The third kappa shape index (κ3) is 2.30. The van der Waals surface area contributed by atoms with E-state index < -0.39 is 4.92 Å². The van der Waals surface area contributed by atoms with Gasteiger partial charge in [-0.2, -0.15) is 4.98 Å². The summed E-state index contributed by atoms with van der Waals surface area (Å²) >= 11 is 0. The zero-order chi connectivity index (χ0) is 12.4. The fourth-order valence-corrected chi connectivity index (χ4v) is 1.23. The van der Waals surface area contributed by atoms with Crippen LogP contribution in [0.1, 0.15) is 0 Å². The van der Waals surface area contributed by atoms with Gasteiger partial charge in [-0.05, 0) is 6.07 Å². The van der Waals surface area contributed by atoms with E-state index in [0.717, 1.165) is 0 Å². The summed E-state index contributed by atoms with van der Waals surface area (Å²) in [4.78, 5) is 13.8. The van der Waals surface area contributed by atoms with Gasteiger partial charge in [-0.1, -0.05) is 0 Å². The summed E-state index contributed by atoms with van der Waals surface area (Å²) < 4.78 is 6.75. The van der Waals surface area contributed by atoms with Gasteiger partial charge in [-0.15, -0.1) is 5.10 Å². The van der Waals surface area contributed by atoms with Crippen molar-refractivity contribution in [1.29, 1.82) is 0 Å². The zero-order valence-electron chi connectivity index (χ0n) is 8.90. The molecule has 1 heterocycles. The Morgan fingerprint density at radius 3 is 2.82 bits per heavy atom. The summed E-state index contributed by atoms with van der Waals surface area (Å²) in [6.07, 6.45) is 1.48. The number of nitro groups is 1. The van der Waals surface area contributed by atoms with Crippen molar-refractivity contribution in [2.24, 2.45) is 7.05 Å². The van der Waals surface area contributed by atoms with Crippen LogP contribution in [0.25, 0.3) is 0 Å². The first kappa shape index (κ1) is 10.9. The highest BCUT2D eigenvalue weighted by atomic mass is 16.6. The van der Waals surface area contributed by atoms with Crippen LogP contribution in [0.2, 0.25) is 0 Å². The predicted octanol–water partition coefficient (Wildman–Crippen LogP) is 1.10. The van der Waals surface area contributed by atoms with E-state index in [4.69, 9.17) is 10.5 Å². The van der Waals surface area contributed by atoms with Gasteiger partial charge in [-0.3, -0.25) is 14.8 Å². The first-order valence-electron chi connectivity index (χ1n) is 4.63. The summed E-state index contributed by atoms with van der Waals surface area (Å²) in [5, 5.41) is 14.5. The first-order valence-corrected chi connectivity index (χ1v) is 4.63. The maximum atomic E-state index is 10.6. The molecule has 2 N–H and O–H groups in total. The summed E-state index contributed by atoms with van der Waals surface area (Å²) in [6.45, 7) is 0. The normalized spacial score (nSPS) is 10.2. The lowest BCUT2D eigenvalue weighted by Gasteiger charge is -2.02. The molecule has 8 nitrogen and oxygen atoms in total. The number of aromatic nitrogens is 3. The standard InChI is InChI=1S/C9H9N5O3/c1-13-5-11-9(12-13)17-6-2-3-8(14(15)16)7(10)4-6/h2-5H,10H2,1H3. The molecule has 8 heteroatoms. The molecular weight excluding hydrogens is 226 g/mol. The van der Waals surface area contributed by atoms with Gasteiger partial charge in [0.2, 0.25) is 0 Å². The van der Waals surface area contributed by atoms with Crippen LogP contribution >= 0.6 is 0 Å². The van der Waals surface area contributed by atoms with E-state index in [1.54, 1.807) is 7.05 Å². The third-order valence-corrected chi connectivity index (χ3v) is 1.98. The molecule has 0 unspecified atom stereocenters. The highest BCUT2D eigenvalue weighted by molar-refractivity contribution is 5.61. The predicted molar refractivity (Wildman–Crippen MR) is 58.6 cm³/mol. The quantitative estimate of drug-likeness (QED) is 0.484. The molecule has 0 atom stereocenters. The second-order valence-electron chi connectivity index (χ2n) is 3.28. The summed E-state index contributed by atoms with van der Waals surface area (Å²) in [7, 11) is 1.70. The molecule has 0 bridgehead atoms. The van der Waals surface area contributed by atoms with Crippen molar-refractivity contribution in [1.82, 2.24) is 14.8 Å². The minimum absolute atomic E-state index is 0.0310. The van der Waals surface area contributed by atoms with Crippen molar-refractivity contribution in [2.45, 2.75) is 0 Å². The van der Waals surface area contributed by atoms with Crippen LogP contribution in [0.5, 0.6) is 11.8 Å². The number of nitrogens with two attached hydrogens (primary N) is 1. The maximum absolute atomic E-state index is 10.6. The lowest BCUT2D eigenvalue weighted by atomic mass is 10.2. The molecule has 88 valence electrons. The number of aryl methyl sites for hydroxylation is 1. The average molecular weight is 235 g/mol. The molecule has 0 saturated heterocycles. The van der Waals surface area contributed by atoms with E-state index in [1.165, 1.54) is 29.2 Å². The van der Waals surface area contributed by atoms with Crippen LogP contribution in [0, 0.1) is 10.1 Å². The molecular formula is C9H9N5O3. The van der Waals surface area contributed by atoms with E-state index in [1.807, 2.05) is 0 Å². The molecule has 0 spiro atoms. The van der Waals surface area contributed by atoms with E-state index >= 15 is 0 Å². The maximum Gasteiger partial charge on any atom is 0.340 e. The highest BCUT2D eigenvalue weighted by Gasteiger charge is 2.12. The molecule has 0 amide bonds. The van der Waals surface area contributed by atoms with E-state index in [0.29, 0.717) is 5.75 Å². The smallest absolute Gasteiger partial charge is 0.340 e. The Balaban J connectivity index is 2.23. The van der Waals surface area contributed by atoms with E-state index in [2.05, 4.69) is 10.1 Å². The Bertz CT molecular complexity index is 566. The van der Waals surface area contributed by atoms with Gasteiger partial charge in [0.15, 0.2) is 0 Å². The van der Waals surface area contributed by atoms with Gasteiger partial charge in [0, 0.05) is 19.2 Å². The van der Waals surface area contributed by atoms with Crippen molar-refractivity contribution in [3.8, 4) is 11.8 Å². The minimum atomic E-state index is -0.557. The number of anilines is 1. The van der Waals surface area contributed by atoms with Crippen LogP contribution in [-0.4, -0.2) is 19.7 Å². The Labute approximate surface area is 95.8 Å². The van der Waals surface area contributed by atoms with Gasteiger partial charge >= 0.3 is 6.01 Å². The second-order valence-corrected chi connectivity index (χ2v) is 3.28. The van der Waals surface area contributed by atoms with Crippen molar-refractivity contribution in [2.75, 3.05) is 5.73 Å². The van der Waals surface area contributed by atoms with Crippen LogP contribution in [0.4, 0.5) is 11.4 Å². The zero-order valence-corrected chi connectivity index (χ0v) is 8.90. The van der Waals surface area contributed by atoms with Crippen molar-refractivity contribution >= 4 is 11.4 Å². The summed E-state index contributed by atoms with van der Waals surface area (Å²) in [6, 6.07) is 4.22. The van der Waals surface area contributed by atoms with E-state index in [-0.39, 0.29) is 17.4 Å². The van der Waals surface area contributed by atoms with Crippen molar-refractivity contribution < 1.29 is 9.66 Å². The van der Waals surface area contributed by atoms with Gasteiger partial charge < -0.3 is 10.5 Å². The van der Waals surface area contributed by atoms with Crippen LogP contribution in [-0.2, 0) is 7.05 Å². The highest BCUT2D eigenvalue weighted by Crippen LogP contribution is 2.27. The lowest BCUT2D eigenvalue weighted by molar-refractivity contribution is -0.383. The fraction of sp³-hybridized carbons (Fsp3) is 0.111. The lowest BCUT2D eigenvalue weighted by Crippen LogP contribution is -1.96. The van der Waals surface area contributed by atoms with Crippen LogP contribution in [0.3, 0.4) is 0 Å². The molecule has 2 rings (SSSR count). The largest absolute Gasteiger partial charge is 0.423 e. The number of rotatable bonds is 3. The van der Waals surface area contributed by atoms with Gasteiger partial charge in [0.1, 0.15) is 17.8 Å².